The Hall–Kier alpha value is -3.77. The monoisotopic (exact) mass is 448 g/mol. The fourth-order valence-electron chi connectivity index (χ4n) is 3.49. The smallest absolute Gasteiger partial charge is 0.282 e. The molecular weight excluding hydrogens is 428 g/mol. The molecule has 162 valence electrons. The topological polar surface area (TPSA) is 67.9 Å². The van der Waals surface area contributed by atoms with Gasteiger partial charge in [-0.2, -0.15) is 0 Å². The molecule has 2 amide bonds. The van der Waals surface area contributed by atoms with Crippen LogP contribution in [0.25, 0.3) is 5.57 Å². The van der Waals surface area contributed by atoms with Crippen molar-refractivity contribution in [3.05, 3.63) is 89.1 Å². The van der Waals surface area contributed by atoms with Crippen molar-refractivity contribution in [3.63, 3.8) is 0 Å². The maximum Gasteiger partial charge on any atom is 0.282 e. The Morgan fingerprint density at radius 1 is 0.906 bits per heavy atom. The molecule has 0 aliphatic carbocycles. The number of nitrogens with one attached hydrogen (secondary N) is 1. The molecule has 3 aromatic rings. The van der Waals surface area contributed by atoms with Gasteiger partial charge in [0.25, 0.3) is 11.8 Å². The second-order valence-electron chi connectivity index (χ2n) is 6.99. The molecule has 0 bridgehead atoms. The van der Waals surface area contributed by atoms with Gasteiger partial charge in [-0.1, -0.05) is 35.9 Å². The Kier molecular flexibility index (Phi) is 6.14. The van der Waals surface area contributed by atoms with E-state index in [1.54, 1.807) is 79.9 Å². The molecule has 0 fully saturated rings. The molecule has 0 aromatic heterocycles. The molecular formula is C25H21ClN2O4. The van der Waals surface area contributed by atoms with Gasteiger partial charge in [-0.3, -0.25) is 9.59 Å². The van der Waals surface area contributed by atoms with Crippen LogP contribution in [0.1, 0.15) is 12.5 Å². The zero-order valence-electron chi connectivity index (χ0n) is 17.6. The van der Waals surface area contributed by atoms with E-state index in [4.69, 9.17) is 21.1 Å². The summed E-state index contributed by atoms with van der Waals surface area (Å²) in [5, 5.41) is 3.66. The first kappa shape index (κ1) is 21.5. The van der Waals surface area contributed by atoms with Crippen LogP contribution in [-0.2, 0) is 9.59 Å². The number of carbonyl (C=O) groups is 2. The van der Waals surface area contributed by atoms with Crippen LogP contribution >= 0.6 is 11.6 Å². The number of amides is 2. The van der Waals surface area contributed by atoms with Gasteiger partial charge in [-0.15, -0.1) is 0 Å². The summed E-state index contributed by atoms with van der Waals surface area (Å²) in [5.41, 5.74) is 2.07. The minimum absolute atomic E-state index is 0.174. The molecule has 0 saturated carbocycles. The predicted octanol–water partition coefficient (Wildman–Crippen LogP) is 5.14. The molecule has 0 spiro atoms. The van der Waals surface area contributed by atoms with Crippen LogP contribution in [-0.4, -0.2) is 25.5 Å². The SMILES string of the molecule is CCOc1cccc(N2C(=O)C(Nc3cccc(OC)c3)=C(c3ccc(Cl)cc3)C2=O)c1. The Bertz CT molecular complexity index is 1200. The van der Waals surface area contributed by atoms with E-state index in [1.807, 2.05) is 6.92 Å². The molecule has 1 heterocycles. The molecule has 0 atom stereocenters. The van der Waals surface area contributed by atoms with Crippen molar-refractivity contribution in [1.82, 2.24) is 0 Å². The van der Waals surface area contributed by atoms with Gasteiger partial charge in [0.2, 0.25) is 0 Å². The standard InChI is InChI=1S/C25H21ClN2O4/c1-3-32-21-9-5-7-19(15-21)28-24(29)22(16-10-12-17(26)13-11-16)23(25(28)30)27-18-6-4-8-20(14-18)31-2/h4-15,27H,3H2,1-2H3. The number of hydrogen-bond donors (Lipinski definition) is 1. The number of hydrogen-bond acceptors (Lipinski definition) is 5. The zero-order chi connectivity index (χ0) is 22.7. The molecule has 0 radical (unpaired) electrons. The molecule has 6 nitrogen and oxygen atoms in total. The summed E-state index contributed by atoms with van der Waals surface area (Å²) in [5.74, 6) is 0.308. The highest BCUT2D eigenvalue weighted by atomic mass is 35.5. The maximum atomic E-state index is 13.5. The minimum Gasteiger partial charge on any atom is -0.497 e. The van der Waals surface area contributed by atoms with Gasteiger partial charge in [0.15, 0.2) is 0 Å². The number of methoxy groups -OCH3 is 1. The number of carbonyl (C=O) groups excluding carboxylic acids is 2. The van der Waals surface area contributed by atoms with Gasteiger partial charge in [-0.05, 0) is 48.9 Å². The van der Waals surface area contributed by atoms with E-state index in [9.17, 15) is 9.59 Å². The number of anilines is 2. The third kappa shape index (κ3) is 4.18. The lowest BCUT2D eigenvalue weighted by atomic mass is 10.0. The van der Waals surface area contributed by atoms with E-state index < -0.39 is 11.8 Å². The van der Waals surface area contributed by atoms with Crippen molar-refractivity contribution >= 4 is 40.4 Å². The van der Waals surface area contributed by atoms with E-state index in [2.05, 4.69) is 5.32 Å². The minimum atomic E-state index is -0.462. The van der Waals surface area contributed by atoms with Crippen LogP contribution in [0.2, 0.25) is 5.02 Å². The summed E-state index contributed by atoms with van der Waals surface area (Å²) in [7, 11) is 1.56. The summed E-state index contributed by atoms with van der Waals surface area (Å²) < 4.78 is 10.8. The van der Waals surface area contributed by atoms with Crippen molar-refractivity contribution in [2.24, 2.45) is 0 Å². The van der Waals surface area contributed by atoms with Crippen LogP contribution in [0.5, 0.6) is 11.5 Å². The molecule has 3 aromatic carbocycles. The average Bonchev–Trinajstić information content (AvgIpc) is 3.04. The summed E-state index contributed by atoms with van der Waals surface area (Å²) >= 11 is 6.03. The molecule has 1 aliphatic rings. The Balaban J connectivity index is 1.79. The predicted molar refractivity (Wildman–Crippen MR) is 125 cm³/mol. The van der Waals surface area contributed by atoms with E-state index in [1.165, 1.54) is 0 Å². The number of imide groups is 1. The Morgan fingerprint density at radius 3 is 2.34 bits per heavy atom. The summed E-state index contributed by atoms with van der Waals surface area (Å²) in [6.07, 6.45) is 0. The highest BCUT2D eigenvalue weighted by Gasteiger charge is 2.40. The Labute approximate surface area is 191 Å². The van der Waals surface area contributed by atoms with Crippen molar-refractivity contribution in [1.29, 1.82) is 0 Å². The van der Waals surface area contributed by atoms with Gasteiger partial charge in [0, 0.05) is 22.8 Å². The van der Waals surface area contributed by atoms with Crippen molar-refractivity contribution in [2.45, 2.75) is 6.92 Å². The maximum absolute atomic E-state index is 13.5. The fraction of sp³-hybridized carbons (Fsp3) is 0.120. The molecule has 0 saturated heterocycles. The molecule has 1 N–H and O–H groups in total. The van der Waals surface area contributed by atoms with Crippen LogP contribution < -0.4 is 19.7 Å². The van der Waals surface area contributed by atoms with Crippen LogP contribution in [0.15, 0.2) is 78.5 Å². The van der Waals surface area contributed by atoms with Crippen LogP contribution in [0, 0.1) is 0 Å². The second kappa shape index (κ2) is 9.16. The summed E-state index contributed by atoms with van der Waals surface area (Å²) in [6.45, 7) is 2.34. The van der Waals surface area contributed by atoms with E-state index in [-0.39, 0.29) is 11.3 Å². The van der Waals surface area contributed by atoms with E-state index in [0.717, 1.165) is 4.90 Å². The van der Waals surface area contributed by atoms with Crippen LogP contribution in [0.4, 0.5) is 11.4 Å². The number of nitrogens with zero attached hydrogens (tertiary/aromatic N) is 1. The number of halogens is 1. The normalized spacial score (nSPS) is 13.5. The third-order valence-electron chi connectivity index (χ3n) is 4.94. The first-order valence-corrected chi connectivity index (χ1v) is 10.4. The highest BCUT2D eigenvalue weighted by molar-refractivity contribution is 6.46. The number of benzene rings is 3. The number of ether oxygens (including phenoxy) is 2. The first-order chi connectivity index (χ1) is 15.5. The molecule has 7 heteroatoms. The van der Waals surface area contributed by atoms with Crippen molar-refractivity contribution < 1.29 is 19.1 Å². The van der Waals surface area contributed by atoms with Gasteiger partial charge < -0.3 is 14.8 Å². The lowest BCUT2D eigenvalue weighted by Gasteiger charge is -2.16. The van der Waals surface area contributed by atoms with E-state index in [0.29, 0.717) is 40.1 Å². The molecule has 4 rings (SSSR count). The lowest BCUT2D eigenvalue weighted by molar-refractivity contribution is -0.120. The van der Waals surface area contributed by atoms with Gasteiger partial charge in [0.1, 0.15) is 17.2 Å². The molecule has 1 aliphatic heterocycles. The molecule has 32 heavy (non-hydrogen) atoms. The second-order valence-corrected chi connectivity index (χ2v) is 7.43. The van der Waals surface area contributed by atoms with Gasteiger partial charge in [-0.25, -0.2) is 4.90 Å². The van der Waals surface area contributed by atoms with Gasteiger partial charge >= 0.3 is 0 Å². The number of rotatable bonds is 7. The first-order valence-electron chi connectivity index (χ1n) is 10.0. The third-order valence-corrected chi connectivity index (χ3v) is 5.19. The zero-order valence-corrected chi connectivity index (χ0v) is 18.3. The summed E-state index contributed by atoms with van der Waals surface area (Å²) in [4.78, 5) is 28.1. The lowest BCUT2D eigenvalue weighted by Crippen LogP contribution is -2.32. The average molecular weight is 449 g/mol. The van der Waals surface area contributed by atoms with Crippen molar-refractivity contribution in [3.8, 4) is 11.5 Å². The van der Waals surface area contributed by atoms with Crippen molar-refractivity contribution in [2.75, 3.05) is 23.9 Å². The fourth-order valence-corrected chi connectivity index (χ4v) is 3.61. The van der Waals surface area contributed by atoms with E-state index >= 15 is 0 Å². The Morgan fingerprint density at radius 2 is 1.62 bits per heavy atom. The highest BCUT2D eigenvalue weighted by Crippen LogP contribution is 2.35. The van der Waals surface area contributed by atoms with Gasteiger partial charge in [0.05, 0.1) is 25.0 Å². The molecule has 0 unspecified atom stereocenters. The van der Waals surface area contributed by atoms with Crippen LogP contribution in [0.3, 0.4) is 0 Å². The quantitative estimate of drug-likeness (QED) is 0.506. The largest absolute Gasteiger partial charge is 0.497 e. The summed E-state index contributed by atoms with van der Waals surface area (Å²) in [6, 6.07) is 20.9.